The standard InChI is InChI=1S/C26H23F3O2S2/c1-13-4-2-5-15-9-21-19(10-16(13)15)25-24(32-21)18-8-14-6-3-7-20(17(14)11-22(18)33-25)31-23(30)12-26(27,28)29/h3,6,8-11,13,15-16,20H,2,4-5,7,12H2,1H3. The summed E-state index contributed by atoms with van der Waals surface area (Å²) < 4.78 is 48.1. The van der Waals surface area contributed by atoms with E-state index in [0.717, 1.165) is 15.8 Å². The number of halogens is 3. The van der Waals surface area contributed by atoms with E-state index >= 15 is 0 Å². The average molecular weight is 489 g/mol. The molecule has 3 aromatic rings. The fourth-order valence-electron chi connectivity index (χ4n) is 5.69. The van der Waals surface area contributed by atoms with Gasteiger partial charge in [-0.15, -0.1) is 22.7 Å². The molecule has 0 aliphatic heterocycles. The van der Waals surface area contributed by atoms with Crippen molar-refractivity contribution < 1.29 is 22.7 Å². The summed E-state index contributed by atoms with van der Waals surface area (Å²) in [4.78, 5) is 11.8. The number of carbonyl (C=O) groups is 1. The van der Waals surface area contributed by atoms with Gasteiger partial charge in [0.05, 0.1) is 9.40 Å². The Kier molecular flexibility index (Phi) is 5.00. The highest BCUT2D eigenvalue weighted by Gasteiger charge is 2.34. The van der Waals surface area contributed by atoms with Gasteiger partial charge in [0.1, 0.15) is 12.5 Å². The third kappa shape index (κ3) is 3.73. The van der Waals surface area contributed by atoms with Crippen molar-refractivity contribution in [3.8, 4) is 0 Å². The minimum atomic E-state index is -4.56. The molecule has 0 radical (unpaired) electrons. The number of thiophene rings is 2. The molecule has 0 amide bonds. The van der Waals surface area contributed by atoms with Gasteiger partial charge in [-0.2, -0.15) is 13.2 Å². The molecule has 1 fully saturated rings. The first-order chi connectivity index (χ1) is 15.8. The van der Waals surface area contributed by atoms with E-state index < -0.39 is 24.7 Å². The Balaban J connectivity index is 1.43. The monoisotopic (exact) mass is 488 g/mol. The molecule has 1 aromatic carbocycles. The maximum atomic E-state index is 12.6. The fraction of sp³-hybridized carbons (Fsp3) is 0.423. The summed E-state index contributed by atoms with van der Waals surface area (Å²) in [6.07, 6.45) is 6.29. The van der Waals surface area contributed by atoms with Gasteiger partial charge in [-0.25, -0.2) is 0 Å². The van der Waals surface area contributed by atoms with Gasteiger partial charge in [-0.3, -0.25) is 4.79 Å². The third-order valence-electron chi connectivity index (χ3n) is 7.26. The molecule has 3 aliphatic carbocycles. The number of hydrogen-bond acceptors (Lipinski definition) is 4. The van der Waals surface area contributed by atoms with E-state index in [2.05, 4.69) is 25.1 Å². The lowest BCUT2D eigenvalue weighted by molar-refractivity contribution is -0.175. The molecule has 172 valence electrons. The van der Waals surface area contributed by atoms with Gasteiger partial charge in [0, 0.05) is 31.8 Å². The van der Waals surface area contributed by atoms with Crippen LogP contribution in [0.2, 0.25) is 0 Å². The second-order valence-electron chi connectivity index (χ2n) is 9.51. The molecular weight excluding hydrogens is 465 g/mol. The summed E-state index contributed by atoms with van der Waals surface area (Å²) in [6.45, 7) is 2.36. The average Bonchev–Trinajstić information content (AvgIpc) is 3.26. The Morgan fingerprint density at radius 3 is 2.82 bits per heavy atom. The van der Waals surface area contributed by atoms with Gasteiger partial charge >= 0.3 is 12.1 Å². The fourth-order valence-corrected chi connectivity index (χ4v) is 8.46. The molecule has 0 bridgehead atoms. The topological polar surface area (TPSA) is 26.3 Å². The lowest BCUT2D eigenvalue weighted by Gasteiger charge is -2.34. The molecule has 2 nitrogen and oxygen atoms in total. The first-order valence-electron chi connectivity index (χ1n) is 11.4. The van der Waals surface area contributed by atoms with Crippen LogP contribution in [-0.2, 0) is 9.53 Å². The van der Waals surface area contributed by atoms with Crippen molar-refractivity contribution in [2.24, 2.45) is 17.8 Å². The molecule has 0 spiro atoms. The van der Waals surface area contributed by atoms with Crippen LogP contribution in [0.15, 0.2) is 18.2 Å². The van der Waals surface area contributed by atoms with Crippen molar-refractivity contribution in [3.63, 3.8) is 0 Å². The van der Waals surface area contributed by atoms with E-state index in [-0.39, 0.29) is 0 Å². The van der Waals surface area contributed by atoms with E-state index in [4.69, 9.17) is 4.74 Å². The molecule has 1 saturated carbocycles. The van der Waals surface area contributed by atoms with Crippen LogP contribution in [0.4, 0.5) is 13.2 Å². The summed E-state index contributed by atoms with van der Waals surface area (Å²) in [5, 5.41) is 2.53. The number of benzene rings is 1. The zero-order valence-electron chi connectivity index (χ0n) is 18.1. The summed E-state index contributed by atoms with van der Waals surface area (Å²) >= 11 is 3.59. The number of alkyl halides is 3. The van der Waals surface area contributed by atoms with E-state index in [1.165, 1.54) is 43.8 Å². The Hall–Kier alpha value is -2.12. The molecule has 3 aliphatic rings. The van der Waals surface area contributed by atoms with Gasteiger partial charge < -0.3 is 4.74 Å². The molecule has 0 saturated heterocycles. The molecular formula is C26H23F3O2S2. The van der Waals surface area contributed by atoms with Crippen LogP contribution in [0.25, 0.3) is 37.7 Å². The second kappa shape index (κ2) is 7.70. The van der Waals surface area contributed by atoms with E-state index in [1.807, 2.05) is 29.6 Å². The number of carbonyl (C=O) groups excluding carboxylic acids is 1. The lowest BCUT2D eigenvalue weighted by atomic mass is 9.71. The molecule has 0 N–H and O–H groups in total. The van der Waals surface area contributed by atoms with Crippen molar-refractivity contribution in [2.75, 3.05) is 0 Å². The molecule has 4 atom stereocenters. The molecule has 7 heteroatoms. The lowest BCUT2D eigenvalue weighted by Crippen LogP contribution is -2.34. The van der Waals surface area contributed by atoms with Crippen LogP contribution in [0.1, 0.15) is 56.3 Å². The Labute approximate surface area is 197 Å². The van der Waals surface area contributed by atoms with E-state index in [9.17, 15) is 18.0 Å². The van der Waals surface area contributed by atoms with Gasteiger partial charge in [0.25, 0.3) is 0 Å². The van der Waals surface area contributed by atoms with Crippen molar-refractivity contribution >= 4 is 66.4 Å². The predicted octanol–water partition coefficient (Wildman–Crippen LogP) is 6.70. The van der Waals surface area contributed by atoms with Gasteiger partial charge in [0.2, 0.25) is 0 Å². The first kappa shape index (κ1) is 21.4. The smallest absolute Gasteiger partial charge is 0.399 e. The summed E-state index contributed by atoms with van der Waals surface area (Å²) in [7, 11) is 0. The van der Waals surface area contributed by atoms with Crippen LogP contribution in [-0.4, -0.2) is 12.1 Å². The predicted molar refractivity (Wildman–Crippen MR) is 129 cm³/mol. The molecule has 6 rings (SSSR count). The van der Waals surface area contributed by atoms with Crippen LogP contribution < -0.4 is 9.75 Å². The highest BCUT2D eigenvalue weighted by Crippen LogP contribution is 2.42. The summed E-state index contributed by atoms with van der Waals surface area (Å²) in [6, 6.07) is 4.13. The minimum absolute atomic E-state index is 0.390. The van der Waals surface area contributed by atoms with Crippen LogP contribution in [0, 0.1) is 17.8 Å². The number of fused-ring (bicyclic) bond motifs is 7. The van der Waals surface area contributed by atoms with Crippen molar-refractivity contribution in [2.45, 2.75) is 51.3 Å². The van der Waals surface area contributed by atoms with Gasteiger partial charge in [0.15, 0.2) is 0 Å². The normalized spacial score (nSPS) is 26.3. The first-order valence-corrected chi connectivity index (χ1v) is 13.1. The quantitative estimate of drug-likeness (QED) is 0.376. The van der Waals surface area contributed by atoms with Gasteiger partial charge in [-0.05, 0) is 41.9 Å². The molecule has 4 unspecified atom stereocenters. The SMILES string of the molecule is CC1CCCC2C=c3sc4c(sc5cc6c(cc54)C=CCC6OC(=O)CC(F)(F)F)c3=CC12. The molecule has 2 aromatic heterocycles. The maximum absolute atomic E-state index is 12.6. The van der Waals surface area contributed by atoms with Crippen molar-refractivity contribution in [1.29, 1.82) is 0 Å². The zero-order chi connectivity index (χ0) is 22.9. The second-order valence-corrected chi connectivity index (χ2v) is 11.6. The molecule has 2 heterocycles. The Bertz CT molecular complexity index is 1430. The van der Waals surface area contributed by atoms with E-state index in [1.54, 1.807) is 11.3 Å². The van der Waals surface area contributed by atoms with E-state index in [0.29, 0.717) is 24.2 Å². The van der Waals surface area contributed by atoms with Crippen LogP contribution in [0.5, 0.6) is 0 Å². The van der Waals surface area contributed by atoms with Crippen molar-refractivity contribution in [3.05, 3.63) is 39.1 Å². The number of ether oxygens (including phenoxy) is 1. The zero-order valence-corrected chi connectivity index (χ0v) is 19.7. The maximum Gasteiger partial charge on any atom is 0.399 e. The Morgan fingerprint density at radius 2 is 2.00 bits per heavy atom. The summed E-state index contributed by atoms with van der Waals surface area (Å²) in [5.74, 6) is 0.712. The number of rotatable bonds is 2. The van der Waals surface area contributed by atoms with Crippen molar-refractivity contribution in [1.82, 2.24) is 0 Å². The minimum Gasteiger partial charge on any atom is -0.457 e. The number of hydrogen-bond donors (Lipinski definition) is 0. The van der Waals surface area contributed by atoms with Gasteiger partial charge in [-0.1, -0.05) is 44.1 Å². The summed E-state index contributed by atoms with van der Waals surface area (Å²) in [5.41, 5.74) is 1.71. The van der Waals surface area contributed by atoms with Crippen LogP contribution >= 0.6 is 22.7 Å². The largest absolute Gasteiger partial charge is 0.457 e. The highest BCUT2D eigenvalue weighted by atomic mass is 32.1. The number of esters is 1. The molecule has 33 heavy (non-hydrogen) atoms. The Morgan fingerprint density at radius 1 is 1.15 bits per heavy atom. The third-order valence-corrected chi connectivity index (χ3v) is 9.78. The van der Waals surface area contributed by atoms with Crippen LogP contribution in [0.3, 0.4) is 0 Å². The highest BCUT2D eigenvalue weighted by molar-refractivity contribution is 7.32.